The van der Waals surface area contributed by atoms with Crippen LogP contribution >= 0.6 is 0 Å². The maximum Gasteiger partial charge on any atom is 0.243 e. The summed E-state index contributed by atoms with van der Waals surface area (Å²) in [6, 6.07) is 12.2. The van der Waals surface area contributed by atoms with E-state index >= 15 is 0 Å². The number of halogens is 1. The molecule has 7 heteroatoms. The van der Waals surface area contributed by atoms with Crippen molar-refractivity contribution >= 4 is 15.7 Å². The molecule has 124 valence electrons. The Labute approximate surface area is 135 Å². The van der Waals surface area contributed by atoms with Crippen molar-refractivity contribution in [1.82, 2.24) is 4.72 Å². The van der Waals surface area contributed by atoms with Gasteiger partial charge in [-0.2, -0.15) is 0 Å². The van der Waals surface area contributed by atoms with E-state index in [-0.39, 0.29) is 6.54 Å². The summed E-state index contributed by atoms with van der Waals surface area (Å²) in [5.41, 5.74) is 1.54. The Kier molecular flexibility index (Phi) is 5.35. The molecule has 0 saturated carbocycles. The van der Waals surface area contributed by atoms with Crippen LogP contribution in [0.15, 0.2) is 53.4 Å². The minimum absolute atomic E-state index is 0.238. The summed E-state index contributed by atoms with van der Waals surface area (Å²) in [6.07, 6.45) is -1.02. The van der Waals surface area contributed by atoms with Crippen molar-refractivity contribution in [3.05, 3.63) is 59.9 Å². The average Bonchev–Trinajstić information content (AvgIpc) is 2.53. The molecule has 0 amide bonds. The Hall–Kier alpha value is -1.96. The van der Waals surface area contributed by atoms with Crippen LogP contribution in [0.3, 0.4) is 0 Å². The SMILES string of the molecule is CN(C)c1ccc([C@H](O)CNS(=O)(=O)c2ccccc2F)cc1. The molecule has 0 heterocycles. The molecule has 5 nitrogen and oxygen atoms in total. The van der Waals surface area contributed by atoms with Gasteiger partial charge in [0.05, 0.1) is 6.10 Å². The third-order valence-corrected chi connectivity index (χ3v) is 4.84. The normalized spacial score (nSPS) is 12.9. The summed E-state index contributed by atoms with van der Waals surface area (Å²) in [5, 5.41) is 10.1. The van der Waals surface area contributed by atoms with Gasteiger partial charge < -0.3 is 10.0 Å². The number of hydrogen-bond donors (Lipinski definition) is 2. The van der Waals surface area contributed by atoms with E-state index in [1.165, 1.54) is 18.2 Å². The van der Waals surface area contributed by atoms with Crippen molar-refractivity contribution in [2.75, 3.05) is 25.5 Å². The van der Waals surface area contributed by atoms with Crippen LogP contribution in [0.25, 0.3) is 0 Å². The predicted molar refractivity (Wildman–Crippen MR) is 87.3 cm³/mol. The molecule has 0 radical (unpaired) electrons. The molecule has 0 aliphatic carbocycles. The minimum Gasteiger partial charge on any atom is -0.387 e. The second-order valence-corrected chi connectivity index (χ2v) is 7.02. The van der Waals surface area contributed by atoms with E-state index in [1.54, 1.807) is 12.1 Å². The minimum atomic E-state index is -4.01. The zero-order chi connectivity index (χ0) is 17.0. The molecule has 0 spiro atoms. The Morgan fingerprint density at radius 1 is 1.13 bits per heavy atom. The fourth-order valence-corrected chi connectivity index (χ4v) is 3.16. The van der Waals surface area contributed by atoms with Crippen LogP contribution in [0.1, 0.15) is 11.7 Å². The van der Waals surface area contributed by atoms with E-state index < -0.39 is 26.8 Å². The fraction of sp³-hybridized carbons (Fsp3) is 0.250. The second-order valence-electron chi connectivity index (χ2n) is 5.28. The van der Waals surface area contributed by atoms with E-state index in [9.17, 15) is 17.9 Å². The van der Waals surface area contributed by atoms with Crippen LogP contribution in [0.2, 0.25) is 0 Å². The topological polar surface area (TPSA) is 69.6 Å². The molecule has 0 aromatic heterocycles. The van der Waals surface area contributed by atoms with Gasteiger partial charge in [0.25, 0.3) is 0 Å². The smallest absolute Gasteiger partial charge is 0.243 e. The fourth-order valence-electron chi connectivity index (χ4n) is 2.04. The molecule has 2 aromatic carbocycles. The van der Waals surface area contributed by atoms with E-state index in [2.05, 4.69) is 4.72 Å². The summed E-state index contributed by atoms with van der Waals surface area (Å²) in [6.45, 7) is -0.238. The maximum atomic E-state index is 13.6. The van der Waals surface area contributed by atoms with Crippen molar-refractivity contribution in [1.29, 1.82) is 0 Å². The molecule has 0 aliphatic rings. The number of sulfonamides is 1. The second kappa shape index (κ2) is 7.08. The van der Waals surface area contributed by atoms with Gasteiger partial charge in [-0.1, -0.05) is 24.3 Å². The third kappa shape index (κ3) is 4.28. The first-order chi connectivity index (χ1) is 10.8. The van der Waals surface area contributed by atoms with Gasteiger partial charge in [0, 0.05) is 26.3 Å². The maximum absolute atomic E-state index is 13.6. The number of anilines is 1. The number of aliphatic hydroxyl groups is 1. The summed E-state index contributed by atoms with van der Waals surface area (Å²) in [5.74, 6) is -0.829. The van der Waals surface area contributed by atoms with Gasteiger partial charge in [-0.15, -0.1) is 0 Å². The molecule has 0 unspecified atom stereocenters. The van der Waals surface area contributed by atoms with E-state index in [0.29, 0.717) is 5.56 Å². The molecule has 2 rings (SSSR count). The van der Waals surface area contributed by atoms with Gasteiger partial charge >= 0.3 is 0 Å². The average molecular weight is 338 g/mol. The van der Waals surface area contributed by atoms with Crippen LogP contribution in [-0.4, -0.2) is 34.2 Å². The van der Waals surface area contributed by atoms with Crippen molar-refractivity contribution in [2.45, 2.75) is 11.0 Å². The van der Waals surface area contributed by atoms with Gasteiger partial charge in [-0.05, 0) is 29.8 Å². The molecular formula is C16H19FN2O3S. The summed E-state index contributed by atoms with van der Waals surface area (Å²) in [4.78, 5) is 1.48. The summed E-state index contributed by atoms with van der Waals surface area (Å²) in [7, 11) is -0.215. The molecule has 1 atom stereocenters. The molecule has 23 heavy (non-hydrogen) atoms. The number of rotatable bonds is 6. The molecule has 2 aromatic rings. The molecule has 0 bridgehead atoms. The van der Waals surface area contributed by atoms with E-state index in [1.807, 2.05) is 31.1 Å². The van der Waals surface area contributed by atoms with Gasteiger partial charge in [-0.25, -0.2) is 17.5 Å². The first-order valence-electron chi connectivity index (χ1n) is 7.01. The van der Waals surface area contributed by atoms with Gasteiger partial charge in [0.2, 0.25) is 10.0 Å². The van der Waals surface area contributed by atoms with Crippen molar-refractivity contribution in [2.24, 2.45) is 0 Å². The zero-order valence-corrected chi connectivity index (χ0v) is 13.7. The largest absolute Gasteiger partial charge is 0.387 e. The van der Waals surface area contributed by atoms with E-state index in [0.717, 1.165) is 11.8 Å². The molecule has 0 aliphatic heterocycles. The molecular weight excluding hydrogens is 319 g/mol. The Morgan fingerprint density at radius 2 is 1.74 bits per heavy atom. The lowest BCUT2D eigenvalue weighted by Crippen LogP contribution is -2.29. The number of benzene rings is 2. The lowest BCUT2D eigenvalue weighted by molar-refractivity contribution is 0.182. The quantitative estimate of drug-likeness (QED) is 0.844. The molecule has 0 fully saturated rings. The van der Waals surface area contributed by atoms with Gasteiger partial charge in [-0.3, -0.25) is 0 Å². The first kappa shape index (κ1) is 17.4. The number of nitrogens with one attached hydrogen (secondary N) is 1. The lowest BCUT2D eigenvalue weighted by atomic mass is 10.1. The Balaban J connectivity index is 2.06. The Bertz CT molecular complexity index is 761. The highest BCUT2D eigenvalue weighted by Crippen LogP contribution is 2.19. The first-order valence-corrected chi connectivity index (χ1v) is 8.49. The predicted octanol–water partition coefficient (Wildman–Crippen LogP) is 1.90. The molecule has 0 saturated heterocycles. The van der Waals surface area contributed by atoms with Crippen molar-refractivity contribution in [3.8, 4) is 0 Å². The third-order valence-electron chi connectivity index (χ3n) is 3.39. The van der Waals surface area contributed by atoms with Crippen molar-refractivity contribution in [3.63, 3.8) is 0 Å². The monoisotopic (exact) mass is 338 g/mol. The lowest BCUT2D eigenvalue weighted by Gasteiger charge is -2.16. The van der Waals surface area contributed by atoms with Crippen LogP contribution in [-0.2, 0) is 10.0 Å². The molecule has 2 N–H and O–H groups in total. The van der Waals surface area contributed by atoms with Crippen LogP contribution < -0.4 is 9.62 Å². The van der Waals surface area contributed by atoms with Crippen LogP contribution in [0.5, 0.6) is 0 Å². The summed E-state index contributed by atoms with van der Waals surface area (Å²) >= 11 is 0. The van der Waals surface area contributed by atoms with Gasteiger partial charge in [0.15, 0.2) is 0 Å². The standard InChI is InChI=1S/C16H19FN2O3S/c1-19(2)13-9-7-12(8-10-13)15(20)11-18-23(21,22)16-6-4-3-5-14(16)17/h3-10,15,18,20H,11H2,1-2H3/t15-/m1/s1. The number of aliphatic hydroxyl groups excluding tert-OH is 1. The van der Waals surface area contributed by atoms with Crippen LogP contribution in [0.4, 0.5) is 10.1 Å². The van der Waals surface area contributed by atoms with Crippen molar-refractivity contribution < 1.29 is 17.9 Å². The summed E-state index contributed by atoms with van der Waals surface area (Å²) < 4.78 is 39.9. The Morgan fingerprint density at radius 3 is 2.30 bits per heavy atom. The highest BCUT2D eigenvalue weighted by atomic mass is 32.2. The van der Waals surface area contributed by atoms with E-state index in [4.69, 9.17) is 0 Å². The van der Waals surface area contributed by atoms with Gasteiger partial charge in [0.1, 0.15) is 10.7 Å². The highest BCUT2D eigenvalue weighted by Gasteiger charge is 2.20. The highest BCUT2D eigenvalue weighted by molar-refractivity contribution is 7.89. The van der Waals surface area contributed by atoms with Crippen LogP contribution in [0, 0.1) is 5.82 Å². The number of nitrogens with zero attached hydrogens (tertiary/aromatic N) is 1. The number of hydrogen-bond acceptors (Lipinski definition) is 4. The zero-order valence-electron chi connectivity index (χ0n) is 12.9.